The van der Waals surface area contributed by atoms with Gasteiger partial charge < -0.3 is 9.47 Å². The molecule has 1 fully saturated rings. The van der Waals surface area contributed by atoms with Crippen molar-refractivity contribution < 1.29 is 9.47 Å². The van der Waals surface area contributed by atoms with E-state index in [9.17, 15) is 0 Å². The molecule has 0 spiro atoms. The summed E-state index contributed by atoms with van der Waals surface area (Å²) >= 11 is 0. The van der Waals surface area contributed by atoms with E-state index in [2.05, 4.69) is 20.4 Å². The maximum Gasteiger partial charge on any atom is 0.158 e. The summed E-state index contributed by atoms with van der Waals surface area (Å²) in [5, 5.41) is 0. The van der Waals surface area contributed by atoms with Gasteiger partial charge in [0, 0.05) is 18.9 Å². The predicted octanol–water partition coefficient (Wildman–Crippen LogP) is 2.74. The molecule has 2 atom stereocenters. The van der Waals surface area contributed by atoms with Crippen LogP contribution in [0.3, 0.4) is 0 Å². The molecular formula is C11H20O2. The molecule has 0 aromatic rings. The smallest absolute Gasteiger partial charge is 0.158 e. The number of ether oxygens (including phenoxy) is 2. The first-order chi connectivity index (χ1) is 6.24. The third-order valence-corrected chi connectivity index (χ3v) is 2.46. The van der Waals surface area contributed by atoms with Crippen LogP contribution < -0.4 is 0 Å². The summed E-state index contributed by atoms with van der Waals surface area (Å²) in [5.41, 5.74) is 1.21. The maximum absolute atomic E-state index is 5.56. The molecule has 1 rings (SSSR count). The van der Waals surface area contributed by atoms with Gasteiger partial charge in [0.2, 0.25) is 0 Å². The molecule has 0 aromatic heterocycles. The summed E-state index contributed by atoms with van der Waals surface area (Å²) in [6.07, 6.45) is 3.31. The average Bonchev–Trinajstić information content (AvgIpc) is 2.53. The molecule has 0 bridgehead atoms. The van der Waals surface area contributed by atoms with Crippen LogP contribution in [-0.2, 0) is 9.47 Å². The van der Waals surface area contributed by atoms with E-state index in [0.717, 1.165) is 26.1 Å². The van der Waals surface area contributed by atoms with E-state index in [1.54, 1.807) is 0 Å². The summed E-state index contributed by atoms with van der Waals surface area (Å²) in [7, 11) is 0. The predicted molar refractivity (Wildman–Crippen MR) is 53.5 cm³/mol. The maximum atomic E-state index is 5.56. The Balaban J connectivity index is 2.14. The second-order valence-electron chi connectivity index (χ2n) is 3.77. The number of unbranched alkanes of at least 4 members (excludes halogenated alkanes) is 1. The molecule has 1 aliphatic rings. The van der Waals surface area contributed by atoms with Crippen molar-refractivity contribution in [1.82, 2.24) is 0 Å². The van der Waals surface area contributed by atoms with Gasteiger partial charge in [-0.25, -0.2) is 0 Å². The van der Waals surface area contributed by atoms with Crippen LogP contribution in [0.4, 0.5) is 0 Å². The molecule has 2 nitrogen and oxygen atoms in total. The first-order valence-electron chi connectivity index (χ1n) is 5.12. The Bertz CT molecular complexity index is 165. The van der Waals surface area contributed by atoms with E-state index in [1.165, 1.54) is 12.0 Å². The van der Waals surface area contributed by atoms with Gasteiger partial charge in [-0.2, -0.15) is 0 Å². The number of hydrogen-bond donors (Lipinski definition) is 0. The molecule has 0 amide bonds. The molecule has 0 aromatic carbocycles. The summed E-state index contributed by atoms with van der Waals surface area (Å²) in [6.45, 7) is 9.76. The van der Waals surface area contributed by atoms with Crippen molar-refractivity contribution in [2.75, 3.05) is 13.2 Å². The first kappa shape index (κ1) is 10.7. The lowest BCUT2D eigenvalue weighted by Crippen LogP contribution is -2.11. The van der Waals surface area contributed by atoms with Crippen molar-refractivity contribution in [2.24, 2.45) is 5.92 Å². The minimum Gasteiger partial charge on any atom is -0.353 e. The fraction of sp³-hybridized carbons (Fsp3) is 0.818. The summed E-state index contributed by atoms with van der Waals surface area (Å²) in [5.74, 6) is 0.506. The average molecular weight is 184 g/mol. The van der Waals surface area contributed by atoms with Crippen LogP contribution in [-0.4, -0.2) is 19.5 Å². The zero-order valence-electron chi connectivity index (χ0n) is 8.71. The van der Waals surface area contributed by atoms with Gasteiger partial charge in [0.05, 0.1) is 6.61 Å². The topological polar surface area (TPSA) is 18.5 Å². The highest BCUT2D eigenvalue weighted by Gasteiger charge is 2.25. The zero-order valence-corrected chi connectivity index (χ0v) is 8.71. The van der Waals surface area contributed by atoms with Crippen molar-refractivity contribution in [3.05, 3.63) is 12.2 Å². The Kier molecular flexibility index (Phi) is 4.46. The van der Waals surface area contributed by atoms with Crippen molar-refractivity contribution >= 4 is 0 Å². The van der Waals surface area contributed by atoms with Crippen LogP contribution in [0.1, 0.15) is 33.1 Å². The van der Waals surface area contributed by atoms with Gasteiger partial charge in [-0.3, -0.25) is 0 Å². The monoisotopic (exact) mass is 184 g/mol. The molecule has 0 saturated carbocycles. The molecule has 76 valence electrons. The van der Waals surface area contributed by atoms with Gasteiger partial charge in [0.25, 0.3) is 0 Å². The van der Waals surface area contributed by atoms with Crippen molar-refractivity contribution in [3.63, 3.8) is 0 Å². The molecular weight excluding hydrogens is 164 g/mol. The molecule has 13 heavy (non-hydrogen) atoms. The Morgan fingerprint density at radius 3 is 2.92 bits per heavy atom. The third kappa shape index (κ3) is 3.49. The molecule has 0 aliphatic carbocycles. The number of rotatable bonds is 5. The molecule has 1 saturated heterocycles. The SMILES string of the molecule is C=C(C)C1COC(OCCCC)C1. The van der Waals surface area contributed by atoms with Crippen molar-refractivity contribution in [2.45, 2.75) is 39.4 Å². The van der Waals surface area contributed by atoms with E-state index in [4.69, 9.17) is 9.47 Å². The van der Waals surface area contributed by atoms with Crippen LogP contribution >= 0.6 is 0 Å². The molecule has 0 N–H and O–H groups in total. The highest BCUT2D eigenvalue weighted by Crippen LogP contribution is 2.25. The minimum atomic E-state index is 0.0215. The van der Waals surface area contributed by atoms with Crippen LogP contribution in [0.25, 0.3) is 0 Å². The first-order valence-corrected chi connectivity index (χ1v) is 5.12. The van der Waals surface area contributed by atoms with Crippen LogP contribution in [0, 0.1) is 5.92 Å². The second-order valence-corrected chi connectivity index (χ2v) is 3.77. The van der Waals surface area contributed by atoms with Crippen LogP contribution in [0.5, 0.6) is 0 Å². The minimum absolute atomic E-state index is 0.0215. The van der Waals surface area contributed by atoms with Crippen LogP contribution in [0.15, 0.2) is 12.2 Å². The Hall–Kier alpha value is -0.340. The van der Waals surface area contributed by atoms with Crippen molar-refractivity contribution in [3.8, 4) is 0 Å². The largest absolute Gasteiger partial charge is 0.353 e. The zero-order chi connectivity index (χ0) is 9.68. The van der Waals surface area contributed by atoms with Crippen LogP contribution in [0.2, 0.25) is 0 Å². The Morgan fingerprint density at radius 1 is 1.62 bits per heavy atom. The highest BCUT2D eigenvalue weighted by molar-refractivity contribution is 4.98. The summed E-state index contributed by atoms with van der Waals surface area (Å²) < 4.78 is 11.1. The van der Waals surface area contributed by atoms with Crippen molar-refractivity contribution in [1.29, 1.82) is 0 Å². The van der Waals surface area contributed by atoms with Gasteiger partial charge in [-0.05, 0) is 13.3 Å². The lowest BCUT2D eigenvalue weighted by molar-refractivity contribution is -0.111. The quantitative estimate of drug-likeness (QED) is 0.483. The molecule has 0 radical (unpaired) electrons. The normalized spacial score (nSPS) is 27.8. The fourth-order valence-electron chi connectivity index (χ4n) is 1.41. The lowest BCUT2D eigenvalue weighted by Gasteiger charge is -2.10. The van der Waals surface area contributed by atoms with E-state index in [-0.39, 0.29) is 6.29 Å². The van der Waals surface area contributed by atoms with E-state index < -0.39 is 0 Å². The summed E-state index contributed by atoms with van der Waals surface area (Å²) in [4.78, 5) is 0. The van der Waals surface area contributed by atoms with Gasteiger partial charge >= 0.3 is 0 Å². The van der Waals surface area contributed by atoms with Gasteiger partial charge in [-0.1, -0.05) is 25.5 Å². The fourth-order valence-corrected chi connectivity index (χ4v) is 1.41. The molecule has 1 aliphatic heterocycles. The van der Waals surface area contributed by atoms with Gasteiger partial charge in [-0.15, -0.1) is 0 Å². The standard InChI is InChI=1S/C11H20O2/c1-4-5-6-12-11-7-10(8-13-11)9(2)3/h10-11H,2,4-8H2,1,3H3. The molecule has 2 unspecified atom stereocenters. The molecule has 2 heteroatoms. The number of hydrogen-bond acceptors (Lipinski definition) is 2. The highest BCUT2D eigenvalue weighted by atomic mass is 16.7. The van der Waals surface area contributed by atoms with E-state index in [0.29, 0.717) is 5.92 Å². The summed E-state index contributed by atoms with van der Waals surface area (Å²) in [6, 6.07) is 0. The van der Waals surface area contributed by atoms with E-state index >= 15 is 0 Å². The second kappa shape index (κ2) is 5.40. The Morgan fingerprint density at radius 2 is 2.38 bits per heavy atom. The van der Waals surface area contributed by atoms with Gasteiger partial charge in [0.1, 0.15) is 0 Å². The van der Waals surface area contributed by atoms with E-state index in [1.807, 2.05) is 0 Å². The molecule has 1 heterocycles. The lowest BCUT2D eigenvalue weighted by atomic mass is 10.0. The van der Waals surface area contributed by atoms with Gasteiger partial charge in [0.15, 0.2) is 6.29 Å². The third-order valence-electron chi connectivity index (χ3n) is 2.46. The Labute approximate surface area is 80.9 Å².